The summed E-state index contributed by atoms with van der Waals surface area (Å²) < 4.78 is 11.0. The van der Waals surface area contributed by atoms with Gasteiger partial charge in [0.1, 0.15) is 11.6 Å². The van der Waals surface area contributed by atoms with Crippen molar-refractivity contribution < 1.29 is 24.2 Å². The number of carbonyl (C=O) groups excluding carboxylic acids is 1. The molecule has 0 saturated carbocycles. The van der Waals surface area contributed by atoms with Gasteiger partial charge >= 0.3 is 5.97 Å². The summed E-state index contributed by atoms with van der Waals surface area (Å²) >= 11 is 0. The van der Waals surface area contributed by atoms with Crippen molar-refractivity contribution in [2.24, 2.45) is 11.8 Å². The fourth-order valence-electron chi connectivity index (χ4n) is 5.96. The van der Waals surface area contributed by atoms with E-state index in [1.165, 1.54) is 0 Å². The molecule has 0 aliphatic carbocycles. The van der Waals surface area contributed by atoms with Crippen molar-refractivity contribution in [2.45, 2.75) is 83.6 Å². The Morgan fingerprint density at radius 3 is 2.53 bits per heavy atom. The van der Waals surface area contributed by atoms with Crippen molar-refractivity contribution in [2.75, 3.05) is 19.9 Å². The van der Waals surface area contributed by atoms with Gasteiger partial charge in [0, 0.05) is 43.2 Å². The van der Waals surface area contributed by atoms with Crippen LogP contribution in [0.2, 0.25) is 0 Å². The standard InChI is InChI=1S/C30H41N3O5/c1-3-5-7-10-21(9-6-4-2)25(34)19-33-18-23(22-11-13-26-27(17-22)38-20-37-26)29(30(35)36)24(33)12-14-28-31-15-8-16-32-28/h8,11,13,15-17,21,23-24,29H,3-7,9-10,12,14,18-20H2,1-2H3,(H,35,36)/t21?,23-,24+,29-/m1/s1. The number of unbranched alkanes of at least 4 members (excludes halogenated alkanes) is 3. The van der Waals surface area contributed by atoms with Crippen LogP contribution in [0.3, 0.4) is 0 Å². The number of hydrogen-bond acceptors (Lipinski definition) is 7. The number of aliphatic carboxylic acids is 1. The van der Waals surface area contributed by atoms with Crippen molar-refractivity contribution in [1.82, 2.24) is 14.9 Å². The first-order chi connectivity index (χ1) is 18.5. The lowest BCUT2D eigenvalue weighted by atomic mass is 9.83. The van der Waals surface area contributed by atoms with Gasteiger partial charge in [0.15, 0.2) is 11.5 Å². The third kappa shape index (κ3) is 6.90. The first-order valence-electron chi connectivity index (χ1n) is 14.2. The molecule has 3 heterocycles. The summed E-state index contributed by atoms with van der Waals surface area (Å²) in [5.74, 6) is 0.535. The molecule has 206 valence electrons. The van der Waals surface area contributed by atoms with Gasteiger partial charge in [-0.3, -0.25) is 14.5 Å². The molecule has 0 amide bonds. The molecule has 38 heavy (non-hydrogen) atoms. The molecule has 1 N–H and O–H groups in total. The molecule has 4 rings (SSSR count). The minimum absolute atomic E-state index is 0.0347. The normalized spacial score (nSPS) is 21.5. The lowest BCUT2D eigenvalue weighted by Gasteiger charge is -2.27. The monoisotopic (exact) mass is 523 g/mol. The second-order valence-corrected chi connectivity index (χ2v) is 10.6. The number of benzene rings is 1. The van der Waals surface area contributed by atoms with Crippen molar-refractivity contribution in [3.05, 3.63) is 48.0 Å². The Labute approximate surface area is 225 Å². The van der Waals surface area contributed by atoms with Gasteiger partial charge in [0.25, 0.3) is 0 Å². The van der Waals surface area contributed by atoms with Crippen LogP contribution < -0.4 is 9.47 Å². The maximum Gasteiger partial charge on any atom is 0.308 e. The highest BCUT2D eigenvalue weighted by atomic mass is 16.7. The molecule has 8 nitrogen and oxygen atoms in total. The zero-order valence-corrected chi connectivity index (χ0v) is 22.7. The number of aromatic nitrogens is 2. The van der Waals surface area contributed by atoms with Crippen LogP contribution in [0.25, 0.3) is 0 Å². The number of carbonyl (C=O) groups is 2. The van der Waals surface area contributed by atoms with Crippen molar-refractivity contribution in [3.8, 4) is 11.5 Å². The molecule has 0 bridgehead atoms. The first-order valence-corrected chi connectivity index (χ1v) is 14.2. The molecule has 4 atom stereocenters. The van der Waals surface area contributed by atoms with Crippen LogP contribution in [0, 0.1) is 11.8 Å². The summed E-state index contributed by atoms with van der Waals surface area (Å²) in [4.78, 5) is 37.2. The van der Waals surface area contributed by atoms with Crippen molar-refractivity contribution in [1.29, 1.82) is 0 Å². The fourth-order valence-corrected chi connectivity index (χ4v) is 5.96. The predicted molar refractivity (Wildman–Crippen MR) is 144 cm³/mol. The molecular formula is C30H41N3O5. The number of aryl methyl sites for hydroxylation is 1. The van der Waals surface area contributed by atoms with Gasteiger partial charge < -0.3 is 14.6 Å². The molecule has 1 aromatic carbocycles. The number of fused-ring (bicyclic) bond motifs is 1. The van der Waals surface area contributed by atoms with Crippen LogP contribution >= 0.6 is 0 Å². The van der Waals surface area contributed by atoms with E-state index >= 15 is 0 Å². The average Bonchev–Trinajstić information content (AvgIpc) is 3.54. The Hall–Kier alpha value is -3.00. The third-order valence-corrected chi connectivity index (χ3v) is 8.02. The van der Waals surface area contributed by atoms with Crippen LogP contribution in [0.5, 0.6) is 11.5 Å². The highest BCUT2D eigenvalue weighted by Crippen LogP contribution is 2.43. The smallest absolute Gasteiger partial charge is 0.308 e. The summed E-state index contributed by atoms with van der Waals surface area (Å²) in [6.07, 6.45) is 11.8. The maximum atomic E-state index is 13.6. The summed E-state index contributed by atoms with van der Waals surface area (Å²) in [5.41, 5.74) is 0.906. The van der Waals surface area contributed by atoms with Crippen molar-refractivity contribution in [3.63, 3.8) is 0 Å². The van der Waals surface area contributed by atoms with Gasteiger partial charge in [-0.15, -0.1) is 0 Å². The van der Waals surface area contributed by atoms with Gasteiger partial charge in [-0.1, -0.05) is 52.0 Å². The number of likely N-dealkylation sites (tertiary alicyclic amines) is 1. The number of ether oxygens (including phenoxy) is 2. The van der Waals surface area contributed by atoms with Crippen LogP contribution in [0.4, 0.5) is 0 Å². The number of carboxylic acids is 1. The molecule has 1 fully saturated rings. The Bertz CT molecular complexity index is 1060. The van der Waals surface area contributed by atoms with E-state index in [1.807, 2.05) is 18.2 Å². The Balaban J connectivity index is 1.57. The van der Waals surface area contributed by atoms with Gasteiger partial charge in [0.2, 0.25) is 6.79 Å². The quantitative estimate of drug-likeness (QED) is 0.315. The Kier molecular flexibility index (Phi) is 10.1. The van der Waals surface area contributed by atoms with E-state index in [0.29, 0.717) is 36.7 Å². The van der Waals surface area contributed by atoms with Crippen LogP contribution in [0.1, 0.15) is 82.5 Å². The van der Waals surface area contributed by atoms with Crippen LogP contribution in [-0.4, -0.2) is 57.7 Å². The number of nitrogens with zero attached hydrogens (tertiary/aromatic N) is 3. The molecule has 8 heteroatoms. The summed E-state index contributed by atoms with van der Waals surface area (Å²) in [6.45, 7) is 5.30. The molecule has 2 aromatic rings. The number of hydrogen-bond donors (Lipinski definition) is 1. The van der Waals surface area contributed by atoms with E-state index in [2.05, 4.69) is 28.7 Å². The molecule has 2 aliphatic rings. The summed E-state index contributed by atoms with van der Waals surface area (Å²) in [5, 5.41) is 10.4. The molecule has 0 radical (unpaired) electrons. The van der Waals surface area contributed by atoms with E-state index in [9.17, 15) is 14.7 Å². The molecule has 1 saturated heterocycles. The number of Topliss-reactive ketones (excluding diaryl/α,β-unsaturated/α-hetero) is 1. The van der Waals surface area contributed by atoms with Gasteiger partial charge in [-0.05, 0) is 43.0 Å². The highest BCUT2D eigenvalue weighted by Gasteiger charge is 2.47. The molecular weight excluding hydrogens is 482 g/mol. The van der Waals surface area contributed by atoms with Crippen molar-refractivity contribution >= 4 is 11.8 Å². The predicted octanol–water partition coefficient (Wildman–Crippen LogP) is 5.26. The lowest BCUT2D eigenvalue weighted by molar-refractivity contribution is -0.143. The Morgan fingerprint density at radius 2 is 1.79 bits per heavy atom. The maximum absolute atomic E-state index is 13.6. The molecule has 2 aliphatic heterocycles. The van der Waals surface area contributed by atoms with E-state index < -0.39 is 11.9 Å². The second-order valence-electron chi connectivity index (χ2n) is 10.6. The molecule has 0 spiro atoms. The number of carboxylic acid groups (broad SMARTS) is 1. The summed E-state index contributed by atoms with van der Waals surface area (Å²) in [6, 6.07) is 7.17. The van der Waals surface area contributed by atoms with E-state index in [1.54, 1.807) is 18.5 Å². The van der Waals surface area contributed by atoms with E-state index in [4.69, 9.17) is 9.47 Å². The topological polar surface area (TPSA) is 102 Å². The lowest BCUT2D eigenvalue weighted by Crippen LogP contribution is -2.40. The minimum atomic E-state index is -0.841. The third-order valence-electron chi connectivity index (χ3n) is 8.02. The fraction of sp³-hybridized carbons (Fsp3) is 0.600. The number of ketones is 1. The highest BCUT2D eigenvalue weighted by molar-refractivity contribution is 5.83. The zero-order valence-electron chi connectivity index (χ0n) is 22.7. The average molecular weight is 524 g/mol. The largest absolute Gasteiger partial charge is 0.481 e. The minimum Gasteiger partial charge on any atom is -0.481 e. The van der Waals surface area contributed by atoms with Gasteiger partial charge in [-0.25, -0.2) is 9.97 Å². The molecule has 1 unspecified atom stereocenters. The summed E-state index contributed by atoms with van der Waals surface area (Å²) in [7, 11) is 0. The van der Waals surface area contributed by atoms with E-state index in [-0.39, 0.29) is 37.0 Å². The Morgan fingerprint density at radius 1 is 1.05 bits per heavy atom. The van der Waals surface area contributed by atoms with Crippen LogP contribution in [-0.2, 0) is 16.0 Å². The van der Waals surface area contributed by atoms with Crippen LogP contribution in [0.15, 0.2) is 36.7 Å². The zero-order chi connectivity index (χ0) is 26.9. The first kappa shape index (κ1) is 28.0. The van der Waals surface area contributed by atoms with Gasteiger partial charge in [-0.2, -0.15) is 0 Å². The molecule has 1 aromatic heterocycles. The number of rotatable bonds is 15. The SMILES string of the molecule is CCCCCC(CCCC)C(=O)CN1C[C@H](c2ccc3c(c2)OCO3)[C@@H](C(=O)O)[C@@H]1CCc1ncccn1. The van der Waals surface area contributed by atoms with E-state index in [0.717, 1.165) is 50.5 Å². The van der Waals surface area contributed by atoms with Gasteiger partial charge in [0.05, 0.1) is 12.5 Å². The second kappa shape index (κ2) is 13.7.